The van der Waals surface area contributed by atoms with Gasteiger partial charge in [-0.2, -0.15) is 10.4 Å². The summed E-state index contributed by atoms with van der Waals surface area (Å²) in [4.78, 5) is 18.4. The van der Waals surface area contributed by atoms with E-state index in [0.29, 0.717) is 23.3 Å². The number of rotatable bonds is 6. The van der Waals surface area contributed by atoms with Crippen LogP contribution in [0.3, 0.4) is 0 Å². The maximum atomic E-state index is 9.69. The first-order chi connectivity index (χ1) is 19.1. The first kappa shape index (κ1) is 24.4. The Balaban J connectivity index is 1.24. The number of fused-ring (bicyclic) bond motifs is 3. The molecule has 192 valence electrons. The van der Waals surface area contributed by atoms with Crippen LogP contribution in [0, 0.1) is 23.7 Å². The topological polar surface area (TPSA) is 112 Å². The number of allylic oxidation sites excluding steroid dienone is 1. The van der Waals surface area contributed by atoms with E-state index < -0.39 is 0 Å². The van der Waals surface area contributed by atoms with Gasteiger partial charge in [0.05, 0.1) is 23.0 Å². The molecule has 4 aromatic heterocycles. The van der Waals surface area contributed by atoms with E-state index in [4.69, 9.17) is 17.1 Å². The highest BCUT2D eigenvalue weighted by Crippen LogP contribution is 2.36. The average molecular weight is 514 g/mol. The number of hydrogen-bond acceptors (Lipinski definition) is 8. The minimum atomic E-state index is 0.463. The van der Waals surface area contributed by atoms with E-state index in [2.05, 4.69) is 49.0 Å². The lowest BCUT2D eigenvalue weighted by atomic mass is 9.87. The zero-order chi connectivity index (χ0) is 26.9. The number of aromatic nitrogens is 4. The van der Waals surface area contributed by atoms with E-state index in [0.717, 1.165) is 58.9 Å². The van der Waals surface area contributed by atoms with Gasteiger partial charge in [0.25, 0.3) is 0 Å². The second-order valence-electron chi connectivity index (χ2n) is 9.80. The molecule has 7 heterocycles. The van der Waals surface area contributed by atoms with Gasteiger partial charge >= 0.3 is 0 Å². The SMILES string of the molecule is C#Cc1cccc(CN2C3CC2CN(c2ccc(-c4cc(C(C=NC)=CN)cn5ncc(C#N)c45)cn2)C3)n1. The number of anilines is 1. The average Bonchev–Trinajstić information content (AvgIpc) is 3.41. The molecule has 3 aliphatic heterocycles. The summed E-state index contributed by atoms with van der Waals surface area (Å²) < 4.78 is 1.71. The fourth-order valence-electron chi connectivity index (χ4n) is 5.63. The second-order valence-corrected chi connectivity index (χ2v) is 9.80. The predicted octanol–water partition coefficient (Wildman–Crippen LogP) is 3.11. The van der Waals surface area contributed by atoms with Crippen molar-refractivity contribution in [1.29, 1.82) is 5.26 Å². The lowest BCUT2D eigenvalue weighted by Crippen LogP contribution is -2.68. The molecule has 2 bridgehead atoms. The van der Waals surface area contributed by atoms with Crippen molar-refractivity contribution in [3.8, 4) is 29.5 Å². The Morgan fingerprint density at radius 1 is 1.23 bits per heavy atom. The maximum Gasteiger partial charge on any atom is 0.128 e. The Hall–Kier alpha value is -4.99. The molecule has 0 aromatic carbocycles. The molecule has 0 aliphatic carbocycles. The molecule has 2 unspecified atom stereocenters. The predicted molar refractivity (Wildman–Crippen MR) is 152 cm³/mol. The van der Waals surface area contributed by atoms with Gasteiger partial charge in [0.2, 0.25) is 0 Å². The van der Waals surface area contributed by atoms with Gasteiger partial charge in [0.15, 0.2) is 0 Å². The molecule has 3 saturated heterocycles. The summed E-state index contributed by atoms with van der Waals surface area (Å²) in [6.07, 6.45) is 15.2. The zero-order valence-electron chi connectivity index (χ0n) is 21.6. The molecule has 4 aromatic rings. The number of hydrogen-bond donors (Lipinski definition) is 1. The molecule has 0 saturated carbocycles. The number of nitrogens with two attached hydrogens (primary N) is 1. The minimum Gasteiger partial charge on any atom is -0.404 e. The van der Waals surface area contributed by atoms with Crippen LogP contribution in [-0.2, 0) is 6.54 Å². The van der Waals surface area contributed by atoms with Crippen molar-refractivity contribution in [3.63, 3.8) is 0 Å². The van der Waals surface area contributed by atoms with Crippen molar-refractivity contribution in [2.24, 2.45) is 10.7 Å². The minimum absolute atomic E-state index is 0.463. The monoisotopic (exact) mass is 513 g/mol. The largest absolute Gasteiger partial charge is 0.404 e. The molecule has 0 amide bonds. The first-order valence-electron chi connectivity index (χ1n) is 12.8. The van der Waals surface area contributed by atoms with Gasteiger partial charge < -0.3 is 10.6 Å². The number of piperazine rings is 1. The van der Waals surface area contributed by atoms with Gasteiger partial charge in [0.1, 0.15) is 17.6 Å². The normalized spacial score (nSPS) is 19.2. The van der Waals surface area contributed by atoms with E-state index in [9.17, 15) is 5.26 Å². The van der Waals surface area contributed by atoms with Crippen LogP contribution in [0.5, 0.6) is 0 Å². The first-order valence-corrected chi connectivity index (χ1v) is 12.8. The third-order valence-corrected chi connectivity index (χ3v) is 7.54. The Bertz CT molecular complexity index is 1670. The number of nitrogens with zero attached hydrogens (tertiary/aromatic N) is 8. The maximum absolute atomic E-state index is 9.69. The highest BCUT2D eigenvalue weighted by atomic mass is 15.4. The number of nitriles is 1. The van der Waals surface area contributed by atoms with Crippen LogP contribution in [0.2, 0.25) is 0 Å². The molecular formula is C30H27N9. The van der Waals surface area contributed by atoms with E-state index in [1.54, 1.807) is 24.0 Å². The Labute approximate surface area is 226 Å². The number of aliphatic imine (C=N–C) groups is 1. The molecule has 3 fully saturated rings. The summed E-state index contributed by atoms with van der Waals surface area (Å²) in [6.45, 7) is 2.64. The Morgan fingerprint density at radius 2 is 2.08 bits per heavy atom. The van der Waals surface area contributed by atoms with Gasteiger partial charge in [0, 0.05) is 85.8 Å². The molecule has 39 heavy (non-hydrogen) atoms. The fourth-order valence-corrected chi connectivity index (χ4v) is 5.63. The summed E-state index contributed by atoms with van der Waals surface area (Å²) >= 11 is 0. The third-order valence-electron chi connectivity index (χ3n) is 7.54. The van der Waals surface area contributed by atoms with Crippen molar-refractivity contribution in [2.45, 2.75) is 25.0 Å². The van der Waals surface area contributed by atoms with E-state index in [-0.39, 0.29) is 0 Å². The Kier molecular flexibility index (Phi) is 6.28. The summed E-state index contributed by atoms with van der Waals surface area (Å²) in [5, 5.41) is 14.1. The lowest BCUT2D eigenvalue weighted by molar-refractivity contribution is -0.00968. The number of terminal acetylenes is 1. The molecule has 9 heteroatoms. The Morgan fingerprint density at radius 3 is 2.77 bits per heavy atom. The van der Waals surface area contributed by atoms with E-state index >= 15 is 0 Å². The molecule has 2 N–H and O–H groups in total. The van der Waals surface area contributed by atoms with Crippen LogP contribution in [0.25, 0.3) is 22.2 Å². The lowest BCUT2D eigenvalue weighted by Gasteiger charge is -2.56. The van der Waals surface area contributed by atoms with Gasteiger partial charge in [-0.25, -0.2) is 14.5 Å². The highest BCUT2D eigenvalue weighted by Gasteiger charge is 2.44. The van der Waals surface area contributed by atoms with Crippen molar-refractivity contribution in [3.05, 3.63) is 83.7 Å². The summed E-state index contributed by atoms with van der Waals surface area (Å²) in [5.41, 5.74) is 12.2. The van der Waals surface area contributed by atoms with Crippen molar-refractivity contribution < 1.29 is 0 Å². The van der Waals surface area contributed by atoms with Crippen LogP contribution in [-0.4, -0.2) is 62.9 Å². The van der Waals surface area contributed by atoms with Crippen LogP contribution in [0.1, 0.15) is 28.9 Å². The zero-order valence-corrected chi connectivity index (χ0v) is 21.6. The number of piperidine rings is 1. The van der Waals surface area contributed by atoms with Gasteiger partial charge in [-0.3, -0.25) is 9.89 Å². The number of pyridine rings is 3. The van der Waals surface area contributed by atoms with Crippen molar-refractivity contribution in [1.82, 2.24) is 24.5 Å². The molecule has 9 nitrogen and oxygen atoms in total. The van der Waals surface area contributed by atoms with E-state index in [1.807, 2.05) is 36.7 Å². The highest BCUT2D eigenvalue weighted by molar-refractivity contribution is 6.10. The molecule has 0 spiro atoms. The van der Waals surface area contributed by atoms with Gasteiger partial charge in [-0.05, 0) is 36.8 Å². The van der Waals surface area contributed by atoms with Crippen LogP contribution in [0.15, 0.2) is 66.2 Å². The fraction of sp³-hybridized carbons (Fsp3) is 0.233. The van der Waals surface area contributed by atoms with Crippen molar-refractivity contribution >= 4 is 23.1 Å². The van der Waals surface area contributed by atoms with Gasteiger partial charge in [-0.1, -0.05) is 12.0 Å². The molecular weight excluding hydrogens is 486 g/mol. The van der Waals surface area contributed by atoms with E-state index in [1.165, 1.54) is 12.6 Å². The van der Waals surface area contributed by atoms with Crippen LogP contribution in [0.4, 0.5) is 5.82 Å². The molecule has 2 atom stereocenters. The second kappa shape index (κ2) is 10.1. The summed E-state index contributed by atoms with van der Waals surface area (Å²) in [5.74, 6) is 3.57. The molecule has 3 aliphatic rings. The smallest absolute Gasteiger partial charge is 0.128 e. The summed E-state index contributed by atoms with van der Waals surface area (Å²) in [7, 11) is 1.70. The molecule has 7 rings (SSSR count). The van der Waals surface area contributed by atoms with Crippen molar-refractivity contribution in [2.75, 3.05) is 25.0 Å². The standard InChI is InChI=1S/C30H27N9/c1-3-24-5-4-6-25(36-24)17-38-26-10-27(38)19-37(18-26)29-8-7-20(14-34-29)28-9-21(22(11-31)13-33-2)16-39-30(28)23(12-32)15-35-39/h1,4-9,11,13-16,26-27H,10,17-19,31H2,2H3. The summed E-state index contributed by atoms with van der Waals surface area (Å²) in [6, 6.07) is 15.2. The molecule has 0 radical (unpaired) electrons. The van der Waals surface area contributed by atoms with Gasteiger partial charge in [-0.15, -0.1) is 6.42 Å². The third kappa shape index (κ3) is 4.39. The van der Waals surface area contributed by atoms with Crippen LogP contribution < -0.4 is 10.6 Å². The van der Waals surface area contributed by atoms with Crippen LogP contribution >= 0.6 is 0 Å². The quantitative estimate of drug-likeness (QED) is 0.311.